The Bertz CT molecular complexity index is 493. The zero-order chi connectivity index (χ0) is 15.2. The average Bonchev–Trinajstić information content (AvgIpc) is 2.68. The first-order chi connectivity index (χ1) is 10.1. The molecule has 3 nitrogen and oxygen atoms in total. The van der Waals surface area contributed by atoms with E-state index in [2.05, 4.69) is 5.32 Å². The van der Waals surface area contributed by atoms with Crippen molar-refractivity contribution in [1.82, 2.24) is 5.32 Å². The van der Waals surface area contributed by atoms with Gasteiger partial charge in [-0.05, 0) is 31.0 Å². The Kier molecular flexibility index (Phi) is 5.67. The molecule has 2 rings (SSSR count). The van der Waals surface area contributed by atoms with Crippen molar-refractivity contribution in [2.45, 2.75) is 44.6 Å². The van der Waals surface area contributed by atoms with Crippen LogP contribution in [0.4, 0.5) is 8.78 Å². The summed E-state index contributed by atoms with van der Waals surface area (Å²) in [5.74, 6) is -1.41. The molecule has 1 fully saturated rings. The molecule has 0 heterocycles. The van der Waals surface area contributed by atoms with Crippen LogP contribution in [0.1, 0.15) is 37.7 Å². The molecule has 0 spiro atoms. The van der Waals surface area contributed by atoms with E-state index in [0.29, 0.717) is 0 Å². The van der Waals surface area contributed by atoms with E-state index in [1.165, 1.54) is 0 Å². The highest BCUT2D eigenvalue weighted by molar-refractivity contribution is 5.79. The van der Waals surface area contributed by atoms with Gasteiger partial charge in [-0.1, -0.05) is 19.3 Å². The lowest BCUT2D eigenvalue weighted by Gasteiger charge is -2.24. The molecule has 1 amide bonds. The molecule has 21 heavy (non-hydrogen) atoms. The van der Waals surface area contributed by atoms with E-state index in [1.807, 2.05) is 0 Å². The molecule has 1 aliphatic rings. The van der Waals surface area contributed by atoms with Crippen molar-refractivity contribution < 1.29 is 18.7 Å². The molecule has 0 bridgehead atoms. The first-order valence-corrected chi connectivity index (χ1v) is 7.44. The molecule has 0 radical (unpaired) electrons. The number of benzene rings is 1. The lowest BCUT2D eigenvalue weighted by molar-refractivity contribution is -0.121. The van der Waals surface area contributed by atoms with Crippen LogP contribution in [0.2, 0.25) is 0 Å². The summed E-state index contributed by atoms with van der Waals surface area (Å²) in [7, 11) is 0. The average molecular weight is 297 g/mol. The lowest BCUT2D eigenvalue weighted by Crippen LogP contribution is -2.41. The zero-order valence-electron chi connectivity index (χ0n) is 11.9. The Morgan fingerprint density at radius 3 is 2.76 bits per heavy atom. The van der Waals surface area contributed by atoms with E-state index >= 15 is 0 Å². The van der Waals surface area contributed by atoms with Gasteiger partial charge in [-0.3, -0.25) is 4.79 Å². The molecule has 2 atom stereocenters. The molecule has 1 aromatic rings. The molecule has 2 N–H and O–H groups in total. The summed E-state index contributed by atoms with van der Waals surface area (Å²) >= 11 is 0. The molecule has 116 valence electrons. The van der Waals surface area contributed by atoms with Gasteiger partial charge in [0.15, 0.2) is 0 Å². The first kappa shape index (κ1) is 15.9. The van der Waals surface area contributed by atoms with Crippen LogP contribution in [0, 0.1) is 17.6 Å². The molecule has 0 aromatic heterocycles. The third kappa shape index (κ3) is 4.49. The SMILES string of the molecule is O=C(Cc1cc(F)ccc1F)NC1CCCCCC1CO. The quantitative estimate of drug-likeness (QED) is 0.839. The van der Waals surface area contributed by atoms with Crippen LogP contribution in [0.3, 0.4) is 0 Å². The van der Waals surface area contributed by atoms with Crippen molar-refractivity contribution in [1.29, 1.82) is 0 Å². The summed E-state index contributed by atoms with van der Waals surface area (Å²) in [5, 5.41) is 12.3. The molecule has 1 aliphatic carbocycles. The number of nitrogens with one attached hydrogen (secondary N) is 1. The second-order valence-electron chi connectivity index (χ2n) is 5.67. The van der Waals surface area contributed by atoms with Crippen LogP contribution >= 0.6 is 0 Å². The van der Waals surface area contributed by atoms with E-state index in [0.717, 1.165) is 50.3 Å². The molecule has 1 aromatic carbocycles. The maximum atomic E-state index is 13.5. The van der Waals surface area contributed by atoms with E-state index < -0.39 is 11.6 Å². The minimum absolute atomic E-state index is 0.0409. The number of rotatable bonds is 4. The summed E-state index contributed by atoms with van der Waals surface area (Å²) in [6.07, 6.45) is 4.68. The topological polar surface area (TPSA) is 49.3 Å². The number of hydrogen-bond acceptors (Lipinski definition) is 2. The highest BCUT2D eigenvalue weighted by Gasteiger charge is 2.24. The van der Waals surface area contributed by atoms with Crippen LogP contribution in [0.15, 0.2) is 18.2 Å². The number of carbonyl (C=O) groups excluding carboxylic acids is 1. The fraction of sp³-hybridized carbons (Fsp3) is 0.562. The monoisotopic (exact) mass is 297 g/mol. The number of aliphatic hydroxyl groups excluding tert-OH is 1. The molecular weight excluding hydrogens is 276 g/mol. The number of halogens is 2. The highest BCUT2D eigenvalue weighted by Crippen LogP contribution is 2.23. The Morgan fingerprint density at radius 2 is 2.00 bits per heavy atom. The lowest BCUT2D eigenvalue weighted by atomic mass is 9.95. The molecular formula is C16H21F2NO2. The first-order valence-electron chi connectivity index (χ1n) is 7.44. The zero-order valence-corrected chi connectivity index (χ0v) is 11.9. The highest BCUT2D eigenvalue weighted by atomic mass is 19.1. The summed E-state index contributed by atoms with van der Waals surface area (Å²) in [5.41, 5.74) is 0.0571. The minimum Gasteiger partial charge on any atom is -0.396 e. The predicted molar refractivity (Wildman–Crippen MR) is 75.7 cm³/mol. The van der Waals surface area contributed by atoms with Crippen molar-refractivity contribution >= 4 is 5.91 Å². The Morgan fingerprint density at radius 1 is 1.24 bits per heavy atom. The third-order valence-electron chi connectivity index (χ3n) is 4.10. The van der Waals surface area contributed by atoms with Gasteiger partial charge in [-0.25, -0.2) is 8.78 Å². The Balaban J connectivity index is 1.98. The third-order valence-corrected chi connectivity index (χ3v) is 4.10. The maximum absolute atomic E-state index is 13.5. The Hall–Kier alpha value is -1.49. The van der Waals surface area contributed by atoms with Gasteiger partial charge in [0.2, 0.25) is 5.91 Å². The summed E-state index contributed by atoms with van der Waals surface area (Å²) < 4.78 is 26.6. The normalized spacial score (nSPS) is 22.6. The van der Waals surface area contributed by atoms with Crippen molar-refractivity contribution in [3.05, 3.63) is 35.4 Å². The number of aliphatic hydroxyl groups is 1. The van der Waals surface area contributed by atoms with Crippen LogP contribution in [0.25, 0.3) is 0 Å². The standard InChI is InChI=1S/C16H21F2NO2/c17-13-6-7-14(18)12(8-13)9-16(21)19-15-5-3-1-2-4-11(15)10-20/h6-8,11,15,20H,1-5,9-10H2,(H,19,21). The van der Waals surface area contributed by atoms with Crippen molar-refractivity contribution in [3.8, 4) is 0 Å². The van der Waals surface area contributed by atoms with Gasteiger partial charge in [0.1, 0.15) is 11.6 Å². The molecule has 1 saturated carbocycles. The minimum atomic E-state index is -0.578. The van der Waals surface area contributed by atoms with Gasteiger partial charge in [0.25, 0.3) is 0 Å². The van der Waals surface area contributed by atoms with Crippen LogP contribution in [-0.4, -0.2) is 23.7 Å². The van der Waals surface area contributed by atoms with Gasteiger partial charge in [-0.2, -0.15) is 0 Å². The fourth-order valence-electron chi connectivity index (χ4n) is 2.90. The van der Waals surface area contributed by atoms with E-state index in [1.54, 1.807) is 0 Å². The van der Waals surface area contributed by atoms with E-state index in [4.69, 9.17) is 0 Å². The van der Waals surface area contributed by atoms with Crippen molar-refractivity contribution in [2.24, 2.45) is 5.92 Å². The smallest absolute Gasteiger partial charge is 0.224 e. The molecule has 2 unspecified atom stereocenters. The van der Waals surface area contributed by atoms with Gasteiger partial charge in [0.05, 0.1) is 6.42 Å². The van der Waals surface area contributed by atoms with Crippen molar-refractivity contribution in [2.75, 3.05) is 6.61 Å². The number of hydrogen-bond donors (Lipinski definition) is 2. The van der Waals surface area contributed by atoms with Gasteiger partial charge in [0, 0.05) is 24.1 Å². The number of amides is 1. The van der Waals surface area contributed by atoms with Gasteiger partial charge < -0.3 is 10.4 Å². The van der Waals surface area contributed by atoms with Gasteiger partial charge >= 0.3 is 0 Å². The fourth-order valence-corrected chi connectivity index (χ4v) is 2.90. The van der Waals surface area contributed by atoms with Crippen LogP contribution in [-0.2, 0) is 11.2 Å². The molecule has 0 aliphatic heterocycles. The second-order valence-corrected chi connectivity index (χ2v) is 5.67. The van der Waals surface area contributed by atoms with E-state index in [-0.39, 0.29) is 36.5 Å². The van der Waals surface area contributed by atoms with Crippen LogP contribution < -0.4 is 5.32 Å². The van der Waals surface area contributed by atoms with Crippen LogP contribution in [0.5, 0.6) is 0 Å². The summed E-state index contributed by atoms with van der Waals surface area (Å²) in [6, 6.07) is 3.02. The van der Waals surface area contributed by atoms with Gasteiger partial charge in [-0.15, -0.1) is 0 Å². The Labute approximate surface area is 123 Å². The molecule has 0 saturated heterocycles. The van der Waals surface area contributed by atoms with E-state index in [9.17, 15) is 18.7 Å². The van der Waals surface area contributed by atoms with Crippen molar-refractivity contribution in [3.63, 3.8) is 0 Å². The largest absolute Gasteiger partial charge is 0.396 e. The second kappa shape index (κ2) is 7.50. The maximum Gasteiger partial charge on any atom is 0.224 e. The predicted octanol–water partition coefficient (Wildman–Crippen LogP) is 2.56. The number of carbonyl (C=O) groups is 1. The summed E-state index contributed by atoms with van der Waals surface area (Å²) in [4.78, 5) is 12.0. The molecule has 5 heteroatoms. The summed E-state index contributed by atoms with van der Waals surface area (Å²) in [6.45, 7) is 0.0409.